The average molecular weight is 369 g/mol. The van der Waals surface area contributed by atoms with Crippen LogP contribution in [0.5, 0.6) is 5.75 Å². The van der Waals surface area contributed by atoms with Crippen LogP contribution in [0.3, 0.4) is 0 Å². The monoisotopic (exact) mass is 368 g/mol. The van der Waals surface area contributed by atoms with Crippen LogP contribution in [-0.4, -0.2) is 10.4 Å². The van der Waals surface area contributed by atoms with E-state index in [1.807, 2.05) is 48.6 Å². The highest BCUT2D eigenvalue weighted by Crippen LogP contribution is 2.27. The zero-order valence-corrected chi connectivity index (χ0v) is 11.7. The molecule has 0 radical (unpaired) electrons. The molecule has 0 saturated heterocycles. The van der Waals surface area contributed by atoms with Crippen molar-refractivity contribution in [2.75, 3.05) is 4.43 Å². The molecule has 1 aromatic carbocycles. The summed E-state index contributed by atoms with van der Waals surface area (Å²) in [4.78, 5) is 11.1. The van der Waals surface area contributed by atoms with E-state index in [9.17, 15) is 4.79 Å². The standard InChI is InChI=1S/C10H10BrIO2/c1-6-3-8(11)4-7(2)10(6)14-9(13)5-12/h3-4H,5H2,1-2H3. The van der Waals surface area contributed by atoms with Gasteiger partial charge in [0.2, 0.25) is 0 Å². The molecule has 14 heavy (non-hydrogen) atoms. The molecule has 0 N–H and O–H groups in total. The molecule has 0 bridgehead atoms. The summed E-state index contributed by atoms with van der Waals surface area (Å²) in [6.07, 6.45) is 0. The summed E-state index contributed by atoms with van der Waals surface area (Å²) in [5.74, 6) is 0.467. The number of halogens is 2. The van der Waals surface area contributed by atoms with Gasteiger partial charge in [0.25, 0.3) is 0 Å². The molecule has 0 aromatic heterocycles. The summed E-state index contributed by atoms with van der Waals surface area (Å²) in [5, 5.41) is 0. The van der Waals surface area contributed by atoms with E-state index in [2.05, 4.69) is 15.9 Å². The van der Waals surface area contributed by atoms with Gasteiger partial charge in [0.05, 0.1) is 4.43 Å². The predicted octanol–water partition coefficient (Wildman–Crippen LogP) is 3.41. The van der Waals surface area contributed by atoms with Crippen molar-refractivity contribution in [1.82, 2.24) is 0 Å². The van der Waals surface area contributed by atoms with Gasteiger partial charge in [-0.25, -0.2) is 0 Å². The van der Waals surface area contributed by atoms with Crippen molar-refractivity contribution in [3.63, 3.8) is 0 Å². The molecular formula is C10H10BrIO2. The van der Waals surface area contributed by atoms with Gasteiger partial charge in [0.1, 0.15) is 5.75 Å². The predicted molar refractivity (Wildman–Crippen MR) is 68.1 cm³/mol. The van der Waals surface area contributed by atoms with Crippen molar-refractivity contribution >= 4 is 44.5 Å². The van der Waals surface area contributed by atoms with Crippen molar-refractivity contribution in [2.24, 2.45) is 0 Å². The van der Waals surface area contributed by atoms with Crippen LogP contribution in [0.1, 0.15) is 11.1 Å². The van der Waals surface area contributed by atoms with Gasteiger partial charge in [0, 0.05) is 4.47 Å². The Bertz CT molecular complexity index is 340. The SMILES string of the molecule is Cc1cc(Br)cc(C)c1OC(=O)CI. The Morgan fingerprint density at radius 1 is 1.43 bits per heavy atom. The maximum absolute atomic E-state index is 11.1. The Kier molecular flexibility index (Phi) is 4.37. The largest absolute Gasteiger partial charge is 0.425 e. The van der Waals surface area contributed by atoms with Crippen molar-refractivity contribution in [1.29, 1.82) is 0 Å². The van der Waals surface area contributed by atoms with E-state index < -0.39 is 0 Å². The van der Waals surface area contributed by atoms with Crippen molar-refractivity contribution in [3.8, 4) is 5.75 Å². The minimum atomic E-state index is -0.209. The molecule has 1 aromatic rings. The molecule has 0 amide bonds. The van der Waals surface area contributed by atoms with E-state index in [0.29, 0.717) is 10.2 Å². The van der Waals surface area contributed by atoms with Crippen molar-refractivity contribution in [2.45, 2.75) is 13.8 Å². The van der Waals surface area contributed by atoms with Crippen LogP contribution >= 0.6 is 38.5 Å². The Morgan fingerprint density at radius 2 is 1.93 bits per heavy atom. The van der Waals surface area contributed by atoms with E-state index >= 15 is 0 Å². The lowest BCUT2D eigenvalue weighted by molar-refractivity contribution is -0.131. The molecule has 4 heteroatoms. The highest BCUT2D eigenvalue weighted by atomic mass is 127. The summed E-state index contributed by atoms with van der Waals surface area (Å²) in [6.45, 7) is 3.85. The van der Waals surface area contributed by atoms with E-state index in [-0.39, 0.29) is 5.97 Å². The Balaban J connectivity index is 3.02. The quantitative estimate of drug-likeness (QED) is 0.346. The first-order chi connectivity index (χ1) is 6.54. The third-order valence-electron chi connectivity index (χ3n) is 1.75. The highest BCUT2D eigenvalue weighted by Gasteiger charge is 2.09. The van der Waals surface area contributed by atoms with Crippen LogP contribution in [0.4, 0.5) is 0 Å². The van der Waals surface area contributed by atoms with Gasteiger partial charge in [-0.15, -0.1) is 0 Å². The first-order valence-electron chi connectivity index (χ1n) is 4.08. The van der Waals surface area contributed by atoms with Gasteiger partial charge in [-0.2, -0.15) is 0 Å². The van der Waals surface area contributed by atoms with E-state index in [1.54, 1.807) is 0 Å². The number of hydrogen-bond acceptors (Lipinski definition) is 2. The number of rotatable bonds is 2. The zero-order valence-electron chi connectivity index (χ0n) is 7.93. The second-order valence-electron chi connectivity index (χ2n) is 2.98. The molecule has 0 atom stereocenters. The number of benzene rings is 1. The van der Waals surface area contributed by atoms with E-state index in [1.165, 1.54) is 0 Å². The van der Waals surface area contributed by atoms with Crippen LogP contribution < -0.4 is 4.74 Å². The first-order valence-corrected chi connectivity index (χ1v) is 6.40. The summed E-state index contributed by atoms with van der Waals surface area (Å²) in [6, 6.07) is 3.87. The zero-order chi connectivity index (χ0) is 10.7. The number of hydrogen-bond donors (Lipinski definition) is 0. The van der Waals surface area contributed by atoms with Crippen LogP contribution in [-0.2, 0) is 4.79 Å². The fourth-order valence-corrected chi connectivity index (χ4v) is 2.04. The Labute approximate surface area is 105 Å². The summed E-state index contributed by atoms with van der Waals surface area (Å²) in [7, 11) is 0. The average Bonchev–Trinajstić information content (AvgIpc) is 2.10. The maximum atomic E-state index is 11.1. The lowest BCUT2D eigenvalue weighted by atomic mass is 10.1. The molecule has 0 unspecified atom stereocenters. The molecule has 0 spiro atoms. The maximum Gasteiger partial charge on any atom is 0.321 e. The Morgan fingerprint density at radius 3 is 2.36 bits per heavy atom. The summed E-state index contributed by atoms with van der Waals surface area (Å²) in [5.41, 5.74) is 1.94. The van der Waals surface area contributed by atoms with Crippen LogP contribution in [0.15, 0.2) is 16.6 Å². The minimum absolute atomic E-state index is 0.209. The second kappa shape index (κ2) is 5.11. The number of alkyl halides is 1. The van der Waals surface area contributed by atoms with Gasteiger partial charge < -0.3 is 4.74 Å². The molecule has 0 saturated carbocycles. The third kappa shape index (κ3) is 2.95. The van der Waals surface area contributed by atoms with Gasteiger partial charge in [-0.1, -0.05) is 38.5 Å². The molecule has 2 nitrogen and oxygen atoms in total. The molecular weight excluding hydrogens is 359 g/mol. The fourth-order valence-electron chi connectivity index (χ4n) is 1.20. The van der Waals surface area contributed by atoms with E-state index in [4.69, 9.17) is 4.74 Å². The summed E-state index contributed by atoms with van der Waals surface area (Å²) >= 11 is 5.37. The highest BCUT2D eigenvalue weighted by molar-refractivity contribution is 14.1. The normalized spacial score (nSPS) is 10.0. The van der Waals surface area contributed by atoms with Crippen molar-refractivity contribution < 1.29 is 9.53 Å². The van der Waals surface area contributed by atoms with Crippen LogP contribution in [0, 0.1) is 13.8 Å². The number of carbonyl (C=O) groups is 1. The number of aryl methyl sites for hydroxylation is 2. The lowest BCUT2D eigenvalue weighted by Gasteiger charge is -2.09. The molecule has 0 fully saturated rings. The van der Waals surface area contributed by atoms with Gasteiger partial charge in [-0.3, -0.25) is 4.79 Å². The minimum Gasteiger partial charge on any atom is -0.425 e. The molecule has 0 aliphatic heterocycles. The molecule has 0 heterocycles. The third-order valence-corrected chi connectivity index (χ3v) is 2.83. The summed E-state index contributed by atoms with van der Waals surface area (Å²) < 4.78 is 6.58. The number of carbonyl (C=O) groups excluding carboxylic acids is 1. The van der Waals surface area contributed by atoms with Gasteiger partial charge >= 0.3 is 5.97 Å². The van der Waals surface area contributed by atoms with Gasteiger partial charge in [-0.05, 0) is 37.1 Å². The Hall–Kier alpha value is -0.100. The molecule has 0 aliphatic rings. The molecule has 0 aliphatic carbocycles. The van der Waals surface area contributed by atoms with Crippen LogP contribution in [0.25, 0.3) is 0 Å². The fraction of sp³-hybridized carbons (Fsp3) is 0.300. The van der Waals surface area contributed by atoms with Crippen LogP contribution in [0.2, 0.25) is 0 Å². The topological polar surface area (TPSA) is 26.3 Å². The number of esters is 1. The smallest absolute Gasteiger partial charge is 0.321 e. The second-order valence-corrected chi connectivity index (χ2v) is 4.65. The number of ether oxygens (including phenoxy) is 1. The molecule has 76 valence electrons. The molecule has 1 rings (SSSR count). The van der Waals surface area contributed by atoms with E-state index in [0.717, 1.165) is 15.6 Å². The van der Waals surface area contributed by atoms with Gasteiger partial charge in [0.15, 0.2) is 0 Å². The first kappa shape index (κ1) is 12.0. The lowest BCUT2D eigenvalue weighted by Crippen LogP contribution is -2.10. The van der Waals surface area contributed by atoms with Crippen molar-refractivity contribution in [3.05, 3.63) is 27.7 Å².